The van der Waals surface area contributed by atoms with Crippen molar-refractivity contribution in [1.29, 1.82) is 0 Å². The number of hydrogen-bond acceptors (Lipinski definition) is 4. The van der Waals surface area contributed by atoms with Crippen molar-refractivity contribution in [1.82, 2.24) is 10.2 Å². The van der Waals surface area contributed by atoms with E-state index in [1.807, 2.05) is 39.0 Å². The highest BCUT2D eigenvalue weighted by Gasteiger charge is 2.26. The summed E-state index contributed by atoms with van der Waals surface area (Å²) in [5, 5.41) is 21.8. The standard InChI is InChI=1S/C18H27BN2O4/c1-5-9-21(18(23)6-2)12-17(22)20-16(19(24)25)11-15-8-7-13(3)14(4)10-15/h6-8,10,16,24-25H,2,5,9,11-12H2,1,3-4H3,(H,20,22). The van der Waals surface area contributed by atoms with E-state index in [1.54, 1.807) is 0 Å². The van der Waals surface area contributed by atoms with Gasteiger partial charge in [0.15, 0.2) is 0 Å². The van der Waals surface area contributed by atoms with Gasteiger partial charge < -0.3 is 20.3 Å². The number of carbonyl (C=O) groups excluding carboxylic acids is 2. The number of hydrogen-bond donors (Lipinski definition) is 3. The molecule has 0 aliphatic heterocycles. The molecule has 0 aliphatic rings. The highest BCUT2D eigenvalue weighted by atomic mass is 16.4. The Bertz CT molecular complexity index is 619. The zero-order valence-corrected chi connectivity index (χ0v) is 15.2. The highest BCUT2D eigenvalue weighted by Crippen LogP contribution is 2.12. The van der Waals surface area contributed by atoms with E-state index in [4.69, 9.17) is 0 Å². The molecular formula is C18H27BN2O4. The molecule has 1 aromatic carbocycles. The fourth-order valence-electron chi connectivity index (χ4n) is 2.51. The first-order valence-corrected chi connectivity index (χ1v) is 8.41. The Morgan fingerprint density at radius 2 is 2.00 bits per heavy atom. The lowest BCUT2D eigenvalue weighted by atomic mass is 9.75. The van der Waals surface area contributed by atoms with Crippen molar-refractivity contribution in [2.24, 2.45) is 0 Å². The number of aryl methyl sites for hydroxylation is 2. The predicted octanol–water partition coefficient (Wildman–Crippen LogP) is 0.767. The monoisotopic (exact) mass is 346 g/mol. The van der Waals surface area contributed by atoms with E-state index in [0.717, 1.165) is 22.8 Å². The summed E-state index contributed by atoms with van der Waals surface area (Å²) in [6.07, 6.45) is 2.16. The highest BCUT2D eigenvalue weighted by molar-refractivity contribution is 6.43. The third-order valence-corrected chi connectivity index (χ3v) is 4.05. The fraction of sp³-hybridized carbons (Fsp3) is 0.444. The molecule has 7 heteroatoms. The van der Waals surface area contributed by atoms with Gasteiger partial charge in [-0.1, -0.05) is 31.7 Å². The quantitative estimate of drug-likeness (QED) is 0.455. The first-order chi connectivity index (χ1) is 11.8. The molecule has 0 aliphatic carbocycles. The van der Waals surface area contributed by atoms with Crippen LogP contribution < -0.4 is 5.32 Å². The minimum absolute atomic E-state index is 0.144. The molecule has 0 spiro atoms. The van der Waals surface area contributed by atoms with Crippen molar-refractivity contribution in [3.8, 4) is 0 Å². The zero-order valence-electron chi connectivity index (χ0n) is 15.2. The average Bonchev–Trinajstić information content (AvgIpc) is 2.56. The molecule has 1 unspecified atom stereocenters. The molecule has 1 rings (SSSR count). The summed E-state index contributed by atoms with van der Waals surface area (Å²) in [6.45, 7) is 9.60. The van der Waals surface area contributed by atoms with Crippen LogP contribution in [0.15, 0.2) is 30.9 Å². The maximum atomic E-state index is 12.2. The van der Waals surface area contributed by atoms with Crippen LogP contribution in [0.1, 0.15) is 30.0 Å². The lowest BCUT2D eigenvalue weighted by molar-refractivity contribution is -0.132. The largest absolute Gasteiger partial charge is 0.475 e. The van der Waals surface area contributed by atoms with Crippen LogP contribution in [0, 0.1) is 13.8 Å². The summed E-state index contributed by atoms with van der Waals surface area (Å²) in [4.78, 5) is 25.3. The van der Waals surface area contributed by atoms with Gasteiger partial charge in [0.05, 0.1) is 12.5 Å². The van der Waals surface area contributed by atoms with E-state index >= 15 is 0 Å². The van der Waals surface area contributed by atoms with Crippen molar-refractivity contribution in [3.05, 3.63) is 47.5 Å². The molecule has 0 bridgehead atoms. The van der Waals surface area contributed by atoms with Crippen LogP contribution in [0.3, 0.4) is 0 Å². The molecule has 3 N–H and O–H groups in total. The second kappa shape index (κ2) is 10.0. The van der Waals surface area contributed by atoms with Gasteiger partial charge in [0.2, 0.25) is 11.8 Å². The SMILES string of the molecule is C=CC(=O)N(CCC)CC(=O)NC(Cc1ccc(C)c(C)c1)B(O)O. The maximum Gasteiger partial charge on any atom is 0.475 e. The summed E-state index contributed by atoms with van der Waals surface area (Å²) in [6, 6.07) is 5.81. The topological polar surface area (TPSA) is 89.9 Å². The second-order valence-electron chi connectivity index (χ2n) is 6.17. The Kier molecular flexibility index (Phi) is 8.38. The van der Waals surface area contributed by atoms with Crippen LogP contribution in [0.5, 0.6) is 0 Å². The van der Waals surface area contributed by atoms with E-state index in [-0.39, 0.29) is 18.9 Å². The summed E-state index contributed by atoms with van der Waals surface area (Å²) in [5.41, 5.74) is 3.14. The lowest BCUT2D eigenvalue weighted by Gasteiger charge is -2.23. The van der Waals surface area contributed by atoms with Gasteiger partial charge in [-0.25, -0.2) is 0 Å². The van der Waals surface area contributed by atoms with Gasteiger partial charge in [0.25, 0.3) is 0 Å². The second-order valence-corrected chi connectivity index (χ2v) is 6.17. The van der Waals surface area contributed by atoms with Gasteiger partial charge in [-0.2, -0.15) is 0 Å². The van der Waals surface area contributed by atoms with Crippen LogP contribution in [-0.2, 0) is 16.0 Å². The Balaban J connectivity index is 2.75. The van der Waals surface area contributed by atoms with Crippen LogP contribution in [0.2, 0.25) is 0 Å². The molecule has 136 valence electrons. The molecule has 0 aromatic heterocycles. The van der Waals surface area contributed by atoms with Gasteiger partial charge in [0.1, 0.15) is 0 Å². The Labute approximate surface area is 149 Å². The van der Waals surface area contributed by atoms with Gasteiger partial charge in [0, 0.05) is 6.54 Å². The van der Waals surface area contributed by atoms with E-state index < -0.39 is 19.0 Å². The normalized spacial score (nSPS) is 11.6. The van der Waals surface area contributed by atoms with Crippen LogP contribution in [0.4, 0.5) is 0 Å². The first-order valence-electron chi connectivity index (χ1n) is 8.41. The van der Waals surface area contributed by atoms with Crippen molar-refractivity contribution in [2.45, 2.75) is 39.6 Å². The molecule has 6 nitrogen and oxygen atoms in total. The molecule has 0 heterocycles. The number of benzene rings is 1. The number of nitrogens with one attached hydrogen (secondary N) is 1. The maximum absolute atomic E-state index is 12.2. The van der Waals surface area contributed by atoms with Crippen molar-refractivity contribution in [2.75, 3.05) is 13.1 Å². The number of carbonyl (C=O) groups is 2. The smallest absolute Gasteiger partial charge is 0.426 e. The summed E-state index contributed by atoms with van der Waals surface area (Å²) in [7, 11) is -1.69. The minimum Gasteiger partial charge on any atom is -0.426 e. The first kappa shape index (κ1) is 20.9. The predicted molar refractivity (Wildman–Crippen MR) is 98.8 cm³/mol. The van der Waals surface area contributed by atoms with Crippen LogP contribution in [0.25, 0.3) is 0 Å². The summed E-state index contributed by atoms with van der Waals surface area (Å²) in [5.74, 6) is -1.62. The third kappa shape index (κ3) is 6.72. The van der Waals surface area contributed by atoms with E-state index in [0.29, 0.717) is 13.0 Å². The van der Waals surface area contributed by atoms with Gasteiger partial charge in [-0.3, -0.25) is 9.59 Å². The number of nitrogens with zero attached hydrogens (tertiary/aromatic N) is 1. The molecule has 25 heavy (non-hydrogen) atoms. The molecule has 2 amide bonds. The molecule has 0 radical (unpaired) electrons. The Hall–Kier alpha value is -2.12. The number of rotatable bonds is 9. The van der Waals surface area contributed by atoms with Crippen molar-refractivity contribution >= 4 is 18.9 Å². The van der Waals surface area contributed by atoms with Crippen LogP contribution in [-0.4, -0.2) is 52.9 Å². The fourth-order valence-corrected chi connectivity index (χ4v) is 2.51. The Morgan fingerprint density at radius 1 is 1.32 bits per heavy atom. The minimum atomic E-state index is -1.69. The van der Waals surface area contributed by atoms with Gasteiger partial charge >= 0.3 is 7.12 Å². The van der Waals surface area contributed by atoms with Crippen molar-refractivity contribution < 1.29 is 19.6 Å². The molecule has 0 saturated heterocycles. The average molecular weight is 346 g/mol. The molecule has 1 aromatic rings. The molecular weight excluding hydrogens is 319 g/mol. The van der Waals surface area contributed by atoms with E-state index in [9.17, 15) is 19.6 Å². The molecule has 1 atom stereocenters. The Morgan fingerprint density at radius 3 is 2.52 bits per heavy atom. The molecule has 0 fully saturated rings. The van der Waals surface area contributed by atoms with E-state index in [1.165, 1.54) is 4.90 Å². The third-order valence-electron chi connectivity index (χ3n) is 4.05. The zero-order chi connectivity index (χ0) is 19.0. The van der Waals surface area contributed by atoms with E-state index in [2.05, 4.69) is 11.9 Å². The molecule has 0 saturated carbocycles. The van der Waals surface area contributed by atoms with Gasteiger partial charge in [-0.05, 0) is 49.5 Å². The lowest BCUT2D eigenvalue weighted by Crippen LogP contribution is -2.51. The van der Waals surface area contributed by atoms with Crippen LogP contribution >= 0.6 is 0 Å². The van der Waals surface area contributed by atoms with Crippen molar-refractivity contribution in [3.63, 3.8) is 0 Å². The summed E-state index contributed by atoms with van der Waals surface area (Å²) < 4.78 is 0. The van der Waals surface area contributed by atoms with Gasteiger partial charge in [-0.15, -0.1) is 0 Å². The summed E-state index contributed by atoms with van der Waals surface area (Å²) >= 11 is 0. The number of amides is 2.